The van der Waals surface area contributed by atoms with E-state index >= 15 is 0 Å². The van der Waals surface area contributed by atoms with E-state index in [9.17, 15) is 0 Å². The Kier molecular flexibility index (Phi) is 3.27. The Balaban J connectivity index is 1.98. The standard InChI is InChI=1S/C16H26N2S/c1-12-13-6-10-19-14(13)5-9-18(12)16(11-17)8-4-7-15(16,2)3/h6,10,12H,4-5,7-9,11,17H2,1-3H3. The fraction of sp³-hybridized carbons (Fsp3) is 0.750. The van der Waals surface area contributed by atoms with E-state index in [0.717, 1.165) is 6.54 Å². The molecule has 1 aliphatic heterocycles. The highest BCUT2D eigenvalue weighted by Crippen LogP contribution is 2.52. The van der Waals surface area contributed by atoms with E-state index in [1.54, 1.807) is 10.4 Å². The molecule has 3 heteroatoms. The van der Waals surface area contributed by atoms with Crippen LogP contribution in [-0.2, 0) is 6.42 Å². The number of fused-ring (bicyclic) bond motifs is 1. The smallest absolute Gasteiger partial charge is 0.0388 e. The van der Waals surface area contributed by atoms with Gasteiger partial charge >= 0.3 is 0 Å². The quantitative estimate of drug-likeness (QED) is 0.896. The molecule has 2 N–H and O–H groups in total. The minimum absolute atomic E-state index is 0.200. The second-order valence-electron chi connectivity index (χ2n) is 6.89. The first-order valence-electron chi connectivity index (χ1n) is 7.55. The molecule has 3 rings (SSSR count). The number of nitrogens with two attached hydrogens (primary N) is 1. The Bertz CT molecular complexity index is 465. The molecule has 2 aliphatic rings. The van der Waals surface area contributed by atoms with Gasteiger partial charge in [-0.2, -0.15) is 0 Å². The summed E-state index contributed by atoms with van der Waals surface area (Å²) in [5, 5.41) is 2.25. The molecule has 2 heterocycles. The predicted molar refractivity (Wildman–Crippen MR) is 82.6 cm³/mol. The predicted octanol–water partition coefficient (Wildman–Crippen LogP) is 3.57. The largest absolute Gasteiger partial charge is 0.329 e. The van der Waals surface area contributed by atoms with Crippen molar-refractivity contribution in [1.29, 1.82) is 0 Å². The zero-order valence-electron chi connectivity index (χ0n) is 12.4. The Morgan fingerprint density at radius 3 is 2.84 bits per heavy atom. The molecule has 1 fully saturated rings. The maximum atomic E-state index is 6.29. The summed E-state index contributed by atoms with van der Waals surface area (Å²) in [5.74, 6) is 0. The lowest BCUT2D eigenvalue weighted by Crippen LogP contribution is -2.61. The first-order chi connectivity index (χ1) is 9.02. The molecule has 0 spiro atoms. The number of rotatable bonds is 2. The monoisotopic (exact) mass is 278 g/mol. The first kappa shape index (κ1) is 13.6. The van der Waals surface area contributed by atoms with Gasteiger partial charge in [0.2, 0.25) is 0 Å². The van der Waals surface area contributed by atoms with Crippen molar-refractivity contribution < 1.29 is 0 Å². The van der Waals surface area contributed by atoms with Gasteiger partial charge in [0.15, 0.2) is 0 Å². The molecule has 0 bridgehead atoms. The Morgan fingerprint density at radius 2 is 2.21 bits per heavy atom. The van der Waals surface area contributed by atoms with E-state index in [1.165, 1.54) is 32.2 Å². The summed E-state index contributed by atoms with van der Waals surface area (Å²) >= 11 is 1.92. The zero-order valence-corrected chi connectivity index (χ0v) is 13.2. The summed E-state index contributed by atoms with van der Waals surface area (Å²) in [6.07, 6.45) is 5.10. The fourth-order valence-corrected chi connectivity index (χ4v) is 5.48. The summed E-state index contributed by atoms with van der Waals surface area (Å²) < 4.78 is 0. The SMILES string of the molecule is CC1c2ccsc2CCN1C1(CN)CCCC1(C)C. The van der Waals surface area contributed by atoms with Gasteiger partial charge in [-0.15, -0.1) is 11.3 Å². The molecular weight excluding hydrogens is 252 g/mol. The van der Waals surface area contributed by atoms with Gasteiger partial charge < -0.3 is 5.73 Å². The lowest BCUT2D eigenvalue weighted by Gasteiger charge is -2.53. The molecular formula is C16H26N2S. The van der Waals surface area contributed by atoms with Crippen LogP contribution in [0.2, 0.25) is 0 Å². The Hall–Kier alpha value is -0.380. The van der Waals surface area contributed by atoms with Crippen molar-refractivity contribution in [2.45, 2.75) is 58.0 Å². The van der Waals surface area contributed by atoms with E-state index in [0.29, 0.717) is 11.5 Å². The molecule has 0 aromatic carbocycles. The van der Waals surface area contributed by atoms with Gasteiger partial charge in [0.25, 0.3) is 0 Å². The third-order valence-corrected chi connectivity index (χ3v) is 6.81. The van der Waals surface area contributed by atoms with Crippen molar-refractivity contribution in [2.24, 2.45) is 11.1 Å². The van der Waals surface area contributed by atoms with Crippen LogP contribution in [0.25, 0.3) is 0 Å². The van der Waals surface area contributed by atoms with Gasteiger partial charge in [0, 0.05) is 29.5 Å². The molecule has 2 atom stereocenters. The second-order valence-corrected chi connectivity index (χ2v) is 7.89. The van der Waals surface area contributed by atoms with Crippen LogP contribution in [0.3, 0.4) is 0 Å². The third-order valence-electron chi connectivity index (χ3n) is 5.82. The van der Waals surface area contributed by atoms with E-state index in [-0.39, 0.29) is 5.54 Å². The molecule has 1 saturated carbocycles. The van der Waals surface area contributed by atoms with Crippen molar-refractivity contribution >= 4 is 11.3 Å². The lowest BCUT2D eigenvalue weighted by molar-refractivity contribution is -0.0197. The maximum Gasteiger partial charge on any atom is 0.0388 e. The van der Waals surface area contributed by atoms with Crippen LogP contribution in [0.4, 0.5) is 0 Å². The Labute approximate surface area is 121 Å². The second kappa shape index (κ2) is 4.57. The Morgan fingerprint density at radius 1 is 1.42 bits per heavy atom. The third kappa shape index (κ3) is 1.82. The van der Waals surface area contributed by atoms with E-state index in [2.05, 4.69) is 37.1 Å². The summed E-state index contributed by atoms with van der Waals surface area (Å²) in [6.45, 7) is 9.18. The van der Waals surface area contributed by atoms with Crippen molar-refractivity contribution in [3.63, 3.8) is 0 Å². The van der Waals surface area contributed by atoms with Crippen LogP contribution in [0.5, 0.6) is 0 Å². The van der Waals surface area contributed by atoms with Crippen molar-refractivity contribution in [3.05, 3.63) is 21.9 Å². The van der Waals surface area contributed by atoms with Crippen LogP contribution in [0, 0.1) is 5.41 Å². The summed E-state index contributed by atoms with van der Waals surface area (Å²) in [5.41, 5.74) is 8.38. The zero-order chi connectivity index (χ0) is 13.7. The summed E-state index contributed by atoms with van der Waals surface area (Å²) in [7, 11) is 0. The van der Waals surface area contributed by atoms with Crippen LogP contribution >= 0.6 is 11.3 Å². The van der Waals surface area contributed by atoms with E-state index < -0.39 is 0 Å². The van der Waals surface area contributed by atoms with Gasteiger partial charge in [-0.25, -0.2) is 0 Å². The molecule has 106 valence electrons. The minimum Gasteiger partial charge on any atom is -0.329 e. The van der Waals surface area contributed by atoms with Crippen molar-refractivity contribution in [1.82, 2.24) is 4.90 Å². The summed E-state index contributed by atoms with van der Waals surface area (Å²) in [4.78, 5) is 4.32. The molecule has 19 heavy (non-hydrogen) atoms. The van der Waals surface area contributed by atoms with Crippen molar-refractivity contribution in [2.75, 3.05) is 13.1 Å². The van der Waals surface area contributed by atoms with Crippen LogP contribution < -0.4 is 5.73 Å². The molecule has 2 unspecified atom stereocenters. The highest BCUT2D eigenvalue weighted by molar-refractivity contribution is 7.10. The van der Waals surface area contributed by atoms with Crippen LogP contribution in [0.15, 0.2) is 11.4 Å². The van der Waals surface area contributed by atoms with E-state index in [4.69, 9.17) is 5.73 Å². The molecule has 2 nitrogen and oxygen atoms in total. The van der Waals surface area contributed by atoms with Gasteiger partial charge in [0.1, 0.15) is 0 Å². The van der Waals surface area contributed by atoms with Crippen molar-refractivity contribution in [3.8, 4) is 0 Å². The highest BCUT2D eigenvalue weighted by atomic mass is 32.1. The summed E-state index contributed by atoms with van der Waals surface area (Å²) in [6, 6.07) is 2.85. The average Bonchev–Trinajstić information content (AvgIpc) is 2.95. The molecule has 0 radical (unpaired) electrons. The number of nitrogens with zero attached hydrogens (tertiary/aromatic N) is 1. The molecule has 0 amide bonds. The average molecular weight is 278 g/mol. The van der Waals surface area contributed by atoms with Crippen LogP contribution in [-0.4, -0.2) is 23.5 Å². The highest BCUT2D eigenvalue weighted by Gasteiger charge is 2.53. The molecule has 0 saturated heterocycles. The maximum absolute atomic E-state index is 6.29. The van der Waals surface area contributed by atoms with Gasteiger partial charge in [-0.3, -0.25) is 4.90 Å². The topological polar surface area (TPSA) is 29.3 Å². The molecule has 1 aromatic rings. The molecule has 1 aromatic heterocycles. The van der Waals surface area contributed by atoms with Gasteiger partial charge in [-0.05, 0) is 48.6 Å². The van der Waals surface area contributed by atoms with Gasteiger partial charge in [-0.1, -0.05) is 20.3 Å². The van der Waals surface area contributed by atoms with E-state index in [1.807, 2.05) is 11.3 Å². The first-order valence-corrected chi connectivity index (χ1v) is 8.43. The number of hydrogen-bond donors (Lipinski definition) is 1. The lowest BCUT2D eigenvalue weighted by atomic mass is 9.72. The molecule has 1 aliphatic carbocycles. The van der Waals surface area contributed by atoms with Gasteiger partial charge in [0.05, 0.1) is 0 Å². The number of thiophene rings is 1. The van der Waals surface area contributed by atoms with Crippen LogP contribution in [0.1, 0.15) is 56.5 Å². The normalized spacial score (nSPS) is 34.4. The number of hydrogen-bond acceptors (Lipinski definition) is 3. The minimum atomic E-state index is 0.200. The fourth-order valence-electron chi connectivity index (χ4n) is 4.52.